The lowest BCUT2D eigenvalue weighted by Crippen LogP contribution is -2.29. The molecule has 0 saturated carbocycles. The fourth-order valence-corrected chi connectivity index (χ4v) is 4.18. The minimum absolute atomic E-state index is 0.0922. The second kappa shape index (κ2) is 10.4. The van der Waals surface area contributed by atoms with Gasteiger partial charge in [-0.1, -0.05) is 30.3 Å². The van der Waals surface area contributed by atoms with E-state index < -0.39 is 23.7 Å². The maximum Gasteiger partial charge on any atom is 0.337 e. The first kappa shape index (κ1) is 24.5. The Hall–Kier alpha value is -4.59. The number of aliphatic hydroxyl groups excluding tert-OH is 1. The summed E-state index contributed by atoms with van der Waals surface area (Å²) < 4.78 is 15.7. The Labute approximate surface area is 208 Å². The number of carbonyl (C=O) groups excluding carboxylic acids is 3. The average Bonchev–Trinajstić information content (AvgIpc) is 3.18. The van der Waals surface area contributed by atoms with Crippen molar-refractivity contribution in [1.29, 1.82) is 0 Å². The van der Waals surface area contributed by atoms with E-state index in [0.717, 1.165) is 0 Å². The number of Topliss-reactive ketones (excluding diaryl/α,β-unsaturated/α-hetero) is 1. The smallest absolute Gasteiger partial charge is 0.337 e. The van der Waals surface area contributed by atoms with Crippen LogP contribution in [0.3, 0.4) is 0 Å². The second-order valence-corrected chi connectivity index (χ2v) is 7.95. The average molecular weight is 488 g/mol. The predicted molar refractivity (Wildman–Crippen MR) is 133 cm³/mol. The lowest BCUT2D eigenvalue weighted by atomic mass is 9.95. The second-order valence-electron chi connectivity index (χ2n) is 7.95. The fraction of sp³-hybridized carbons (Fsp3) is 0.179. The van der Waals surface area contributed by atoms with Crippen molar-refractivity contribution in [2.75, 3.05) is 25.7 Å². The third-order valence-corrected chi connectivity index (χ3v) is 5.82. The molecule has 3 aromatic rings. The highest BCUT2D eigenvalue weighted by Gasteiger charge is 2.47. The molecule has 8 nitrogen and oxygen atoms in total. The first-order valence-electron chi connectivity index (χ1n) is 11.3. The highest BCUT2D eigenvalue weighted by atomic mass is 16.5. The summed E-state index contributed by atoms with van der Waals surface area (Å²) in [4.78, 5) is 40.1. The zero-order valence-electron chi connectivity index (χ0n) is 20.1. The van der Waals surface area contributed by atoms with E-state index in [-0.39, 0.29) is 16.9 Å². The zero-order valence-corrected chi connectivity index (χ0v) is 20.1. The predicted octanol–water partition coefficient (Wildman–Crippen LogP) is 4.51. The summed E-state index contributed by atoms with van der Waals surface area (Å²) in [6.45, 7) is 2.26. The molecule has 184 valence electrons. The number of methoxy groups -OCH3 is 2. The molecule has 0 aromatic heterocycles. The van der Waals surface area contributed by atoms with Gasteiger partial charge >= 0.3 is 5.97 Å². The molecule has 0 aliphatic carbocycles. The van der Waals surface area contributed by atoms with E-state index in [0.29, 0.717) is 34.9 Å². The number of ketones is 1. The van der Waals surface area contributed by atoms with Gasteiger partial charge in [0.05, 0.1) is 38.0 Å². The van der Waals surface area contributed by atoms with Crippen molar-refractivity contribution in [1.82, 2.24) is 0 Å². The van der Waals surface area contributed by atoms with Crippen LogP contribution in [0.25, 0.3) is 5.76 Å². The van der Waals surface area contributed by atoms with E-state index in [1.54, 1.807) is 66.7 Å². The van der Waals surface area contributed by atoms with E-state index in [1.807, 2.05) is 6.92 Å². The number of hydrogen-bond acceptors (Lipinski definition) is 7. The molecule has 3 aromatic carbocycles. The number of benzene rings is 3. The molecule has 1 aliphatic rings. The summed E-state index contributed by atoms with van der Waals surface area (Å²) in [5.41, 5.74) is 1.29. The molecule has 1 saturated heterocycles. The van der Waals surface area contributed by atoms with E-state index in [9.17, 15) is 19.5 Å². The molecule has 8 heteroatoms. The third kappa shape index (κ3) is 4.53. The fourth-order valence-electron chi connectivity index (χ4n) is 4.18. The van der Waals surface area contributed by atoms with Crippen LogP contribution in [0, 0.1) is 0 Å². The standard InChI is InChI=1S/C28H25NO7/c1-4-36-22-13-7-9-18(16-22)25(30)23-24(17-8-6-12-21(15-17)34-2)29(27(32)26(23)31)20-11-5-10-19(14-20)28(33)35-3/h5-16,24,30H,4H2,1-3H3/b25-23+. The number of hydrogen-bond donors (Lipinski definition) is 1. The Morgan fingerprint density at radius 1 is 0.917 bits per heavy atom. The molecule has 1 heterocycles. The molecule has 36 heavy (non-hydrogen) atoms. The number of rotatable bonds is 7. The highest BCUT2D eigenvalue weighted by molar-refractivity contribution is 6.51. The van der Waals surface area contributed by atoms with Gasteiger partial charge in [-0.05, 0) is 55.0 Å². The summed E-state index contributed by atoms with van der Waals surface area (Å²) in [6, 6.07) is 18.8. The van der Waals surface area contributed by atoms with Crippen LogP contribution < -0.4 is 14.4 Å². The van der Waals surface area contributed by atoms with Gasteiger partial charge in [-0.25, -0.2) is 4.79 Å². The Bertz CT molecular complexity index is 1360. The number of amides is 1. The Morgan fingerprint density at radius 3 is 2.33 bits per heavy atom. The molecule has 4 rings (SSSR count). The van der Waals surface area contributed by atoms with Gasteiger partial charge in [-0.2, -0.15) is 0 Å². The van der Waals surface area contributed by atoms with Crippen LogP contribution in [-0.2, 0) is 14.3 Å². The van der Waals surface area contributed by atoms with Crippen LogP contribution >= 0.6 is 0 Å². The first-order valence-corrected chi connectivity index (χ1v) is 11.3. The summed E-state index contributed by atoms with van der Waals surface area (Å²) in [7, 11) is 2.77. The normalized spacial score (nSPS) is 16.6. The molecule has 0 radical (unpaired) electrons. The van der Waals surface area contributed by atoms with Gasteiger partial charge in [-0.3, -0.25) is 14.5 Å². The molecular weight excluding hydrogens is 462 g/mol. The van der Waals surface area contributed by atoms with E-state index in [4.69, 9.17) is 14.2 Å². The van der Waals surface area contributed by atoms with Crippen molar-refractivity contribution in [3.63, 3.8) is 0 Å². The number of nitrogens with zero attached hydrogens (tertiary/aromatic N) is 1. The number of carbonyl (C=O) groups is 3. The summed E-state index contributed by atoms with van der Waals surface area (Å²) in [6.07, 6.45) is 0. The molecule has 1 N–H and O–H groups in total. The monoisotopic (exact) mass is 487 g/mol. The topological polar surface area (TPSA) is 102 Å². The van der Waals surface area contributed by atoms with Gasteiger partial charge in [0.15, 0.2) is 0 Å². The number of aliphatic hydroxyl groups is 1. The maximum absolute atomic E-state index is 13.4. The maximum atomic E-state index is 13.4. The lowest BCUT2D eigenvalue weighted by molar-refractivity contribution is -0.132. The molecule has 1 unspecified atom stereocenters. The van der Waals surface area contributed by atoms with Gasteiger partial charge in [-0.15, -0.1) is 0 Å². The zero-order chi connectivity index (χ0) is 25.8. The van der Waals surface area contributed by atoms with Crippen LogP contribution in [0.1, 0.15) is 34.5 Å². The summed E-state index contributed by atoms with van der Waals surface area (Å²) >= 11 is 0. The van der Waals surface area contributed by atoms with Gasteiger partial charge in [0, 0.05) is 11.3 Å². The van der Waals surface area contributed by atoms with Crippen molar-refractivity contribution in [3.05, 3.63) is 95.1 Å². The van der Waals surface area contributed by atoms with E-state index in [1.165, 1.54) is 25.2 Å². The lowest BCUT2D eigenvalue weighted by Gasteiger charge is -2.26. The minimum Gasteiger partial charge on any atom is -0.507 e. The van der Waals surface area contributed by atoms with E-state index >= 15 is 0 Å². The molecule has 1 amide bonds. The first-order chi connectivity index (χ1) is 17.4. The molecule has 0 spiro atoms. The molecule has 1 atom stereocenters. The number of anilines is 1. The van der Waals surface area contributed by atoms with Crippen LogP contribution in [0.5, 0.6) is 11.5 Å². The highest BCUT2D eigenvalue weighted by Crippen LogP contribution is 2.43. The van der Waals surface area contributed by atoms with Gasteiger partial charge in [0.1, 0.15) is 17.3 Å². The molecule has 0 bridgehead atoms. The van der Waals surface area contributed by atoms with Crippen LogP contribution in [0.4, 0.5) is 5.69 Å². The van der Waals surface area contributed by atoms with Gasteiger partial charge in [0.25, 0.3) is 11.7 Å². The molecule has 1 aliphatic heterocycles. The number of esters is 1. The van der Waals surface area contributed by atoms with Gasteiger partial charge in [0.2, 0.25) is 0 Å². The van der Waals surface area contributed by atoms with Crippen LogP contribution in [-0.4, -0.2) is 43.6 Å². The molecule has 1 fully saturated rings. The third-order valence-electron chi connectivity index (χ3n) is 5.82. The SMILES string of the molecule is CCOc1cccc(/C(O)=C2\C(=O)C(=O)N(c3cccc(C(=O)OC)c3)C2c2cccc(OC)c2)c1. The quantitative estimate of drug-likeness (QED) is 0.226. The van der Waals surface area contributed by atoms with Crippen molar-refractivity contribution in [2.45, 2.75) is 13.0 Å². The largest absolute Gasteiger partial charge is 0.507 e. The van der Waals surface area contributed by atoms with Crippen LogP contribution in [0.15, 0.2) is 78.4 Å². The summed E-state index contributed by atoms with van der Waals surface area (Å²) in [5, 5.41) is 11.3. The van der Waals surface area contributed by atoms with Gasteiger partial charge < -0.3 is 19.3 Å². The molecular formula is C28H25NO7. The summed E-state index contributed by atoms with van der Waals surface area (Å²) in [5.74, 6) is -1.59. The van der Waals surface area contributed by atoms with Crippen molar-refractivity contribution < 1.29 is 33.7 Å². The van der Waals surface area contributed by atoms with Crippen molar-refractivity contribution in [2.24, 2.45) is 0 Å². The number of ether oxygens (including phenoxy) is 3. The Kier molecular flexibility index (Phi) is 7.05. The van der Waals surface area contributed by atoms with Crippen LogP contribution in [0.2, 0.25) is 0 Å². The van der Waals surface area contributed by atoms with E-state index in [2.05, 4.69) is 0 Å². The van der Waals surface area contributed by atoms with Crippen molar-refractivity contribution in [3.8, 4) is 11.5 Å². The Balaban J connectivity index is 1.94. The Morgan fingerprint density at radius 2 is 1.61 bits per heavy atom. The van der Waals surface area contributed by atoms with Crippen molar-refractivity contribution >= 4 is 29.1 Å². The minimum atomic E-state index is -0.983.